The molecule has 1 aromatic carbocycles. The zero-order valence-electron chi connectivity index (χ0n) is 12.9. The number of aliphatic imine (C=N–C) groups is 1. The molecule has 0 amide bonds. The van der Waals surface area contributed by atoms with Gasteiger partial charge in [0, 0.05) is 12.3 Å². The highest BCUT2D eigenvalue weighted by molar-refractivity contribution is 8.14. The average Bonchev–Trinajstić information content (AvgIpc) is 2.51. The largest absolute Gasteiger partial charge is 0.495 e. The molecule has 3 rings (SSSR count). The first-order chi connectivity index (χ1) is 10.2. The zero-order chi connectivity index (χ0) is 14.7. The summed E-state index contributed by atoms with van der Waals surface area (Å²) in [5.41, 5.74) is 2.72. The molecule has 0 atom stereocenters. The Morgan fingerprint density at radius 1 is 1.24 bits per heavy atom. The van der Waals surface area contributed by atoms with Crippen LogP contribution in [-0.2, 0) is 0 Å². The molecular formula is C17H24N2OS. The van der Waals surface area contributed by atoms with Crippen molar-refractivity contribution in [2.45, 2.75) is 39.0 Å². The van der Waals surface area contributed by atoms with E-state index in [9.17, 15) is 0 Å². The van der Waals surface area contributed by atoms with Gasteiger partial charge >= 0.3 is 0 Å². The van der Waals surface area contributed by atoms with E-state index in [-0.39, 0.29) is 0 Å². The Bertz CT molecular complexity index is 536. The number of thioether (sulfide) groups is 1. The highest BCUT2D eigenvalue weighted by Crippen LogP contribution is 2.42. The van der Waals surface area contributed by atoms with Crippen LogP contribution in [0.25, 0.3) is 0 Å². The standard InChI is InChI=1S/C17H24N2OS/c1-13-6-7-15(20-2)14(10-13)19-16-18-11-17(12-21-16)8-4-3-5-9-17/h6-7,10H,3-5,8-9,11-12H2,1-2H3,(H,18,19). The number of nitrogens with one attached hydrogen (secondary N) is 1. The maximum atomic E-state index is 5.42. The van der Waals surface area contributed by atoms with E-state index < -0.39 is 0 Å². The van der Waals surface area contributed by atoms with Gasteiger partial charge in [0.2, 0.25) is 0 Å². The lowest BCUT2D eigenvalue weighted by Crippen LogP contribution is -2.35. The Morgan fingerprint density at radius 3 is 2.71 bits per heavy atom. The number of amidine groups is 1. The molecule has 0 unspecified atom stereocenters. The van der Waals surface area contributed by atoms with Gasteiger partial charge in [0.25, 0.3) is 0 Å². The molecule has 1 N–H and O–H groups in total. The van der Waals surface area contributed by atoms with E-state index in [1.807, 2.05) is 17.8 Å². The maximum Gasteiger partial charge on any atom is 0.161 e. The summed E-state index contributed by atoms with van der Waals surface area (Å²) in [5.74, 6) is 2.08. The van der Waals surface area contributed by atoms with Crippen LogP contribution in [0, 0.1) is 12.3 Å². The van der Waals surface area contributed by atoms with Gasteiger partial charge in [-0.25, -0.2) is 0 Å². The van der Waals surface area contributed by atoms with Crippen LogP contribution in [0.2, 0.25) is 0 Å². The molecule has 4 heteroatoms. The van der Waals surface area contributed by atoms with E-state index in [0.717, 1.165) is 23.1 Å². The molecule has 1 saturated carbocycles. The van der Waals surface area contributed by atoms with Crippen molar-refractivity contribution < 1.29 is 4.74 Å². The monoisotopic (exact) mass is 304 g/mol. The fraction of sp³-hybridized carbons (Fsp3) is 0.588. The minimum atomic E-state index is 0.477. The van der Waals surface area contributed by atoms with Crippen LogP contribution in [0.15, 0.2) is 23.2 Å². The SMILES string of the molecule is COc1ccc(C)cc1NC1=NCC2(CCCCC2)CS1. The molecular weight excluding hydrogens is 280 g/mol. The third-order valence-electron chi connectivity index (χ3n) is 4.58. The zero-order valence-corrected chi connectivity index (χ0v) is 13.8. The molecule has 0 aromatic heterocycles. The van der Waals surface area contributed by atoms with Crippen molar-refractivity contribution in [3.63, 3.8) is 0 Å². The van der Waals surface area contributed by atoms with Gasteiger partial charge in [0.15, 0.2) is 5.17 Å². The quantitative estimate of drug-likeness (QED) is 0.875. The van der Waals surface area contributed by atoms with Crippen molar-refractivity contribution in [3.8, 4) is 5.75 Å². The van der Waals surface area contributed by atoms with Crippen LogP contribution in [0.1, 0.15) is 37.7 Å². The van der Waals surface area contributed by atoms with E-state index in [1.165, 1.54) is 43.4 Å². The first-order valence-corrected chi connectivity index (χ1v) is 8.78. The number of nitrogens with zero attached hydrogens (tertiary/aromatic N) is 1. The molecule has 1 heterocycles. The second kappa shape index (κ2) is 6.30. The van der Waals surface area contributed by atoms with E-state index in [4.69, 9.17) is 9.73 Å². The van der Waals surface area contributed by atoms with Gasteiger partial charge in [-0.3, -0.25) is 4.99 Å². The molecule has 1 aliphatic heterocycles. The van der Waals surface area contributed by atoms with Crippen LogP contribution >= 0.6 is 11.8 Å². The number of aryl methyl sites for hydroxylation is 1. The summed E-state index contributed by atoms with van der Waals surface area (Å²) in [4.78, 5) is 4.82. The normalized spacial score (nSPS) is 21.0. The summed E-state index contributed by atoms with van der Waals surface area (Å²) >= 11 is 1.87. The van der Waals surface area contributed by atoms with Crippen molar-refractivity contribution in [3.05, 3.63) is 23.8 Å². The number of anilines is 1. The van der Waals surface area contributed by atoms with Crippen LogP contribution in [0.5, 0.6) is 5.75 Å². The van der Waals surface area contributed by atoms with E-state index in [0.29, 0.717) is 5.41 Å². The summed E-state index contributed by atoms with van der Waals surface area (Å²) in [6, 6.07) is 6.19. The average molecular weight is 304 g/mol. The third-order valence-corrected chi connectivity index (χ3v) is 5.85. The first kappa shape index (κ1) is 14.8. The number of rotatable bonds is 2. The summed E-state index contributed by atoms with van der Waals surface area (Å²) < 4.78 is 5.42. The Hall–Kier alpha value is -1.16. The molecule has 21 heavy (non-hydrogen) atoms. The highest BCUT2D eigenvalue weighted by atomic mass is 32.2. The highest BCUT2D eigenvalue weighted by Gasteiger charge is 2.34. The van der Waals surface area contributed by atoms with Crippen molar-refractivity contribution in [2.24, 2.45) is 10.4 Å². The summed E-state index contributed by atoms with van der Waals surface area (Å²) in [6.45, 7) is 3.08. The van der Waals surface area contributed by atoms with E-state index in [1.54, 1.807) is 7.11 Å². The Kier molecular flexibility index (Phi) is 4.43. The Balaban J connectivity index is 1.70. The number of hydrogen-bond donors (Lipinski definition) is 1. The van der Waals surface area contributed by atoms with Gasteiger partial charge in [0.1, 0.15) is 5.75 Å². The molecule has 1 aromatic rings. The van der Waals surface area contributed by atoms with Crippen LogP contribution in [0.3, 0.4) is 0 Å². The number of benzene rings is 1. The van der Waals surface area contributed by atoms with E-state index in [2.05, 4.69) is 24.4 Å². The predicted molar refractivity (Wildman–Crippen MR) is 91.6 cm³/mol. The molecule has 114 valence electrons. The molecule has 3 nitrogen and oxygen atoms in total. The lowest BCUT2D eigenvalue weighted by atomic mass is 9.75. The second-order valence-corrected chi connectivity index (χ2v) is 7.26. The number of ether oxygens (including phenoxy) is 1. The smallest absolute Gasteiger partial charge is 0.161 e. The van der Waals surface area contributed by atoms with Crippen molar-refractivity contribution >= 4 is 22.6 Å². The molecule has 0 saturated heterocycles. The lowest BCUT2D eigenvalue weighted by Gasteiger charge is -2.38. The van der Waals surface area contributed by atoms with Crippen LogP contribution in [-0.4, -0.2) is 24.6 Å². The molecule has 1 fully saturated rings. The Morgan fingerprint density at radius 2 is 2.05 bits per heavy atom. The molecule has 2 aliphatic rings. The first-order valence-electron chi connectivity index (χ1n) is 7.80. The molecule has 0 radical (unpaired) electrons. The van der Waals surface area contributed by atoms with Crippen molar-refractivity contribution in [2.75, 3.05) is 24.7 Å². The molecule has 1 spiro atoms. The van der Waals surface area contributed by atoms with Gasteiger partial charge < -0.3 is 10.1 Å². The minimum Gasteiger partial charge on any atom is -0.495 e. The van der Waals surface area contributed by atoms with Gasteiger partial charge in [-0.15, -0.1) is 0 Å². The summed E-state index contributed by atoms with van der Waals surface area (Å²) in [6.07, 6.45) is 6.87. The third kappa shape index (κ3) is 3.37. The number of methoxy groups -OCH3 is 1. The van der Waals surface area contributed by atoms with E-state index >= 15 is 0 Å². The second-order valence-electron chi connectivity index (χ2n) is 6.30. The summed E-state index contributed by atoms with van der Waals surface area (Å²) in [7, 11) is 1.71. The number of hydrogen-bond acceptors (Lipinski definition) is 4. The van der Waals surface area contributed by atoms with Crippen LogP contribution < -0.4 is 10.1 Å². The van der Waals surface area contributed by atoms with Gasteiger partial charge in [-0.2, -0.15) is 0 Å². The van der Waals surface area contributed by atoms with Crippen molar-refractivity contribution in [1.82, 2.24) is 0 Å². The predicted octanol–water partition coefficient (Wildman–Crippen LogP) is 4.47. The summed E-state index contributed by atoms with van der Waals surface area (Å²) in [5, 5.41) is 4.49. The lowest BCUT2D eigenvalue weighted by molar-refractivity contribution is 0.232. The van der Waals surface area contributed by atoms with Crippen LogP contribution in [0.4, 0.5) is 5.69 Å². The Labute approximate surface area is 131 Å². The van der Waals surface area contributed by atoms with Crippen molar-refractivity contribution in [1.29, 1.82) is 0 Å². The fourth-order valence-electron chi connectivity index (χ4n) is 3.27. The minimum absolute atomic E-state index is 0.477. The topological polar surface area (TPSA) is 33.6 Å². The molecule has 1 aliphatic carbocycles. The maximum absolute atomic E-state index is 5.42. The molecule has 0 bridgehead atoms. The van der Waals surface area contributed by atoms with Gasteiger partial charge in [-0.1, -0.05) is 37.1 Å². The van der Waals surface area contributed by atoms with Gasteiger partial charge in [-0.05, 0) is 42.9 Å². The van der Waals surface area contributed by atoms with Gasteiger partial charge in [0.05, 0.1) is 12.8 Å². The fourth-order valence-corrected chi connectivity index (χ4v) is 4.43.